The summed E-state index contributed by atoms with van der Waals surface area (Å²) in [6.45, 7) is 6.89. The zero-order chi connectivity index (χ0) is 28.3. The molecule has 0 aliphatic heterocycles. The number of ether oxygens (including phenoxy) is 1. The lowest BCUT2D eigenvalue weighted by Gasteiger charge is -2.18. The van der Waals surface area contributed by atoms with E-state index in [0.717, 1.165) is 5.39 Å². The van der Waals surface area contributed by atoms with Gasteiger partial charge in [0.15, 0.2) is 11.6 Å². The van der Waals surface area contributed by atoms with Crippen molar-refractivity contribution in [1.29, 1.82) is 0 Å². The van der Waals surface area contributed by atoms with Gasteiger partial charge in [0.05, 0.1) is 40.7 Å². The molecule has 0 amide bonds. The molecule has 10 heteroatoms. The van der Waals surface area contributed by atoms with Gasteiger partial charge in [-0.1, -0.05) is 12.1 Å². The fourth-order valence-corrected chi connectivity index (χ4v) is 4.67. The number of carboxylic acids is 1. The van der Waals surface area contributed by atoms with E-state index in [1.165, 1.54) is 25.5 Å². The number of furan rings is 1. The molecule has 204 valence electrons. The predicted octanol–water partition coefficient (Wildman–Crippen LogP) is 5.59. The number of aromatic nitrogens is 1. The average Bonchev–Trinajstić information content (AvgIpc) is 3.34. The normalized spacial score (nSPS) is 12.4. The van der Waals surface area contributed by atoms with Gasteiger partial charge in [0.1, 0.15) is 17.9 Å². The van der Waals surface area contributed by atoms with E-state index in [-0.39, 0.29) is 42.4 Å². The average molecular weight is 553 g/mol. The van der Waals surface area contributed by atoms with E-state index in [4.69, 9.17) is 9.15 Å². The van der Waals surface area contributed by atoms with Gasteiger partial charge in [-0.3, -0.25) is 14.6 Å². The van der Waals surface area contributed by atoms with Crippen molar-refractivity contribution < 1.29 is 32.4 Å². The number of nitrogens with zero attached hydrogens (tertiary/aromatic N) is 1. The maximum Gasteiger partial charge on any atom is 0.307 e. The van der Waals surface area contributed by atoms with Gasteiger partial charge in [-0.25, -0.2) is 13.3 Å². The Morgan fingerprint density at radius 1 is 1.13 bits per heavy atom. The molecule has 0 bridgehead atoms. The number of fused-ring (bicyclic) bond motifs is 1. The zero-order valence-corrected chi connectivity index (χ0v) is 22.9. The molecule has 2 heterocycles. The van der Waals surface area contributed by atoms with Gasteiger partial charge in [0.2, 0.25) is 0 Å². The second-order valence-electron chi connectivity index (χ2n) is 10.0. The molecular formula is C29H29FN2O6S. The highest BCUT2D eigenvalue weighted by Gasteiger charge is 2.21. The van der Waals surface area contributed by atoms with Crippen molar-refractivity contribution in [1.82, 2.24) is 9.71 Å². The number of hydrogen-bond acceptors (Lipinski definition) is 6. The number of carbonyl (C=O) groups excluding carboxylic acids is 1. The standard InChI is InChI=1S/C29H29FN2O6S/c1-17(33)19-5-6-20(14-26(34)35)25(13-19)38-16-18-11-21-8-10-37-28(21)23(12-18)22-7-9-31-24(27(22)30)15-32-39(36)29(2,3)4/h5-13,32H,14-16H2,1-4H3,(H,34,35). The smallest absolute Gasteiger partial charge is 0.307 e. The van der Waals surface area contributed by atoms with Gasteiger partial charge in [-0.2, -0.15) is 0 Å². The van der Waals surface area contributed by atoms with Crippen LogP contribution in [0, 0.1) is 5.82 Å². The number of pyridine rings is 1. The summed E-state index contributed by atoms with van der Waals surface area (Å²) in [6.07, 6.45) is 2.73. The van der Waals surface area contributed by atoms with E-state index in [2.05, 4.69) is 9.71 Å². The second-order valence-corrected chi connectivity index (χ2v) is 12.1. The molecule has 1 atom stereocenters. The largest absolute Gasteiger partial charge is 0.489 e. The first-order valence-corrected chi connectivity index (χ1v) is 13.4. The summed E-state index contributed by atoms with van der Waals surface area (Å²) in [5, 5.41) is 10.00. The van der Waals surface area contributed by atoms with Gasteiger partial charge >= 0.3 is 5.97 Å². The molecule has 0 spiro atoms. The molecule has 4 aromatic rings. The molecule has 0 aliphatic rings. The van der Waals surface area contributed by atoms with Gasteiger partial charge in [0, 0.05) is 33.8 Å². The van der Waals surface area contributed by atoms with Crippen LogP contribution in [-0.2, 0) is 35.4 Å². The van der Waals surface area contributed by atoms with Gasteiger partial charge in [-0.15, -0.1) is 0 Å². The molecule has 2 aromatic carbocycles. The van der Waals surface area contributed by atoms with Crippen molar-refractivity contribution in [2.75, 3.05) is 0 Å². The van der Waals surface area contributed by atoms with Gasteiger partial charge in [0.25, 0.3) is 0 Å². The summed E-state index contributed by atoms with van der Waals surface area (Å²) in [7, 11) is -1.40. The summed E-state index contributed by atoms with van der Waals surface area (Å²) in [4.78, 5) is 27.3. The Kier molecular flexibility index (Phi) is 8.27. The van der Waals surface area contributed by atoms with Crippen LogP contribution in [0.5, 0.6) is 5.75 Å². The zero-order valence-electron chi connectivity index (χ0n) is 22.0. The van der Waals surface area contributed by atoms with Crippen LogP contribution in [0.2, 0.25) is 0 Å². The van der Waals surface area contributed by atoms with Crippen molar-refractivity contribution in [3.05, 3.63) is 83.1 Å². The molecule has 0 fully saturated rings. The monoisotopic (exact) mass is 552 g/mol. The van der Waals surface area contributed by atoms with E-state index in [0.29, 0.717) is 27.8 Å². The molecule has 2 N–H and O–H groups in total. The molecule has 0 saturated carbocycles. The summed E-state index contributed by atoms with van der Waals surface area (Å²) in [5.74, 6) is -1.48. The number of Topliss-reactive ketones (excluding diaryl/α,β-unsaturated/α-hetero) is 1. The highest BCUT2D eigenvalue weighted by molar-refractivity contribution is 7.84. The molecule has 4 rings (SSSR count). The topological polar surface area (TPSA) is 119 Å². The van der Waals surface area contributed by atoms with Crippen LogP contribution >= 0.6 is 0 Å². The van der Waals surface area contributed by atoms with Crippen molar-refractivity contribution in [2.45, 2.75) is 52.0 Å². The first-order valence-electron chi connectivity index (χ1n) is 12.2. The second kappa shape index (κ2) is 11.5. The van der Waals surface area contributed by atoms with Crippen LogP contribution < -0.4 is 9.46 Å². The number of aliphatic carboxylic acids is 1. The Morgan fingerprint density at radius 3 is 2.59 bits per heavy atom. The maximum absolute atomic E-state index is 15.7. The minimum absolute atomic E-state index is 0.0213. The molecule has 0 radical (unpaired) electrons. The lowest BCUT2D eigenvalue weighted by Crippen LogP contribution is -2.33. The van der Waals surface area contributed by atoms with E-state index >= 15 is 4.39 Å². The Bertz CT molecular complexity index is 1570. The van der Waals surface area contributed by atoms with Crippen LogP contribution in [0.1, 0.15) is 54.9 Å². The summed E-state index contributed by atoms with van der Waals surface area (Å²) < 4.78 is 42.0. The van der Waals surface area contributed by atoms with E-state index in [1.807, 2.05) is 26.8 Å². The minimum atomic E-state index is -1.40. The Labute approximate surface area is 227 Å². The van der Waals surface area contributed by atoms with Crippen molar-refractivity contribution in [3.63, 3.8) is 0 Å². The number of benzene rings is 2. The highest BCUT2D eigenvalue weighted by Crippen LogP contribution is 2.34. The lowest BCUT2D eigenvalue weighted by molar-refractivity contribution is -0.136. The van der Waals surface area contributed by atoms with E-state index < -0.39 is 27.5 Å². The third-order valence-electron chi connectivity index (χ3n) is 6.00. The number of halogens is 1. The Morgan fingerprint density at radius 2 is 1.90 bits per heavy atom. The van der Waals surface area contributed by atoms with Crippen molar-refractivity contribution >= 4 is 33.7 Å². The van der Waals surface area contributed by atoms with E-state index in [1.54, 1.807) is 30.3 Å². The molecule has 2 aromatic heterocycles. The quantitative estimate of drug-likeness (QED) is 0.246. The fourth-order valence-electron chi connectivity index (χ4n) is 3.97. The first-order chi connectivity index (χ1) is 18.4. The number of carboxylic acid groups (broad SMARTS) is 1. The Hall–Kier alpha value is -3.89. The predicted molar refractivity (Wildman–Crippen MR) is 146 cm³/mol. The molecule has 1 unspecified atom stereocenters. The summed E-state index contributed by atoms with van der Waals surface area (Å²) >= 11 is 0. The van der Waals surface area contributed by atoms with Crippen LogP contribution in [0.4, 0.5) is 4.39 Å². The van der Waals surface area contributed by atoms with Crippen LogP contribution in [0.15, 0.2) is 59.3 Å². The first kappa shape index (κ1) is 28.1. The third-order valence-corrected chi connectivity index (χ3v) is 7.52. The van der Waals surface area contributed by atoms with E-state index in [9.17, 15) is 18.9 Å². The lowest BCUT2D eigenvalue weighted by atomic mass is 10.00. The summed E-state index contributed by atoms with van der Waals surface area (Å²) in [6, 6.07) is 11.5. The molecular weight excluding hydrogens is 523 g/mol. The minimum Gasteiger partial charge on any atom is -0.489 e. The number of hydrogen-bond donors (Lipinski definition) is 2. The number of ketones is 1. The SMILES string of the molecule is CC(=O)c1ccc(CC(=O)O)c(OCc2cc(-c3ccnc(CNS(=O)C(C)(C)C)c3F)c3occc3c2)c1. The number of rotatable bonds is 10. The molecule has 0 aliphatic carbocycles. The fraction of sp³-hybridized carbons (Fsp3) is 0.276. The van der Waals surface area contributed by atoms with Crippen LogP contribution in [-0.4, -0.2) is 30.8 Å². The van der Waals surface area contributed by atoms with Crippen LogP contribution in [0.25, 0.3) is 22.1 Å². The van der Waals surface area contributed by atoms with Crippen LogP contribution in [0.3, 0.4) is 0 Å². The highest BCUT2D eigenvalue weighted by atomic mass is 32.2. The van der Waals surface area contributed by atoms with Crippen molar-refractivity contribution in [3.8, 4) is 16.9 Å². The number of carbonyl (C=O) groups is 2. The van der Waals surface area contributed by atoms with Crippen molar-refractivity contribution in [2.24, 2.45) is 0 Å². The molecule has 39 heavy (non-hydrogen) atoms. The van der Waals surface area contributed by atoms with Gasteiger partial charge in [-0.05, 0) is 63.6 Å². The van der Waals surface area contributed by atoms with Gasteiger partial charge < -0.3 is 14.3 Å². The Balaban J connectivity index is 1.67. The number of nitrogens with one attached hydrogen (secondary N) is 1. The molecule has 8 nitrogen and oxygen atoms in total. The maximum atomic E-state index is 15.7. The summed E-state index contributed by atoms with van der Waals surface area (Å²) in [5.41, 5.74) is 2.85. The molecule has 0 saturated heterocycles. The third kappa shape index (κ3) is 6.58.